The Morgan fingerprint density at radius 1 is 1.09 bits per heavy atom. The van der Waals surface area contributed by atoms with Gasteiger partial charge in [-0.25, -0.2) is 0 Å². The van der Waals surface area contributed by atoms with Crippen LogP contribution < -0.4 is 10.6 Å². The third-order valence-electron chi connectivity index (χ3n) is 6.61. The molecule has 3 aliphatic rings. The highest BCUT2D eigenvalue weighted by Gasteiger charge is 2.44. The number of carbonyl (C=O) groups is 4. The molecule has 3 aliphatic heterocycles. The van der Waals surface area contributed by atoms with E-state index in [-0.39, 0.29) is 24.0 Å². The molecule has 2 fully saturated rings. The smallest absolute Gasteiger partial charge is 0.262 e. The minimum atomic E-state index is -0.955. The fourth-order valence-electron chi connectivity index (χ4n) is 4.73. The lowest BCUT2D eigenvalue weighted by molar-refractivity contribution is -0.136. The number of imide groups is 2. The van der Waals surface area contributed by atoms with E-state index in [9.17, 15) is 19.2 Å². The van der Waals surface area contributed by atoms with Crippen LogP contribution in [0.5, 0.6) is 0 Å². The first kappa shape index (κ1) is 22.8. The molecule has 0 aromatic heterocycles. The highest BCUT2D eigenvalue weighted by atomic mass is 16.2. The fourth-order valence-corrected chi connectivity index (χ4v) is 4.73. The number of hydrogen-bond donors (Lipinski definition) is 2. The summed E-state index contributed by atoms with van der Waals surface area (Å²) in [5, 5.41) is 9.13. The lowest BCUT2D eigenvalue weighted by Crippen LogP contribution is -2.54. The summed E-state index contributed by atoms with van der Waals surface area (Å²) in [7, 11) is 0. The van der Waals surface area contributed by atoms with Crippen molar-refractivity contribution in [3.63, 3.8) is 0 Å². The minimum Gasteiger partial charge on any atom is -0.385 e. The zero-order chi connectivity index (χ0) is 23.4. The Labute approximate surface area is 191 Å². The zero-order valence-corrected chi connectivity index (χ0v) is 18.3. The molecule has 2 N–H and O–H groups in total. The topological polar surface area (TPSA) is 148 Å². The maximum Gasteiger partial charge on any atom is 0.262 e. The zero-order valence-electron chi connectivity index (χ0n) is 18.3. The van der Waals surface area contributed by atoms with Crippen molar-refractivity contribution in [1.29, 1.82) is 0 Å². The summed E-state index contributed by atoms with van der Waals surface area (Å²) in [6.07, 6.45) is 3.43. The van der Waals surface area contributed by atoms with E-state index in [0.717, 1.165) is 56.0 Å². The summed E-state index contributed by atoms with van der Waals surface area (Å²) in [6, 6.07) is 4.10. The van der Waals surface area contributed by atoms with Gasteiger partial charge in [0.05, 0.1) is 11.1 Å². The van der Waals surface area contributed by atoms with Crippen LogP contribution in [-0.2, 0) is 9.59 Å². The Morgan fingerprint density at radius 3 is 2.58 bits per heavy atom. The molecule has 11 heteroatoms. The van der Waals surface area contributed by atoms with Crippen LogP contribution in [0.25, 0.3) is 10.4 Å². The standard InChI is InChI=1S/C22H27N7O4/c23-27-25-9-12-28-10-6-14(7-11-28)5-8-24-15-1-2-16-17(13-15)22(33)29(21(16)32)18-3-4-19(30)26-20(18)31/h1-2,13-14,18,24H,3-12H2,(H,26,30,31). The molecule has 1 aromatic rings. The second kappa shape index (κ2) is 10.0. The molecule has 1 unspecified atom stereocenters. The van der Waals surface area contributed by atoms with Crippen molar-refractivity contribution < 1.29 is 19.2 Å². The van der Waals surface area contributed by atoms with Gasteiger partial charge in [-0.3, -0.25) is 29.4 Å². The van der Waals surface area contributed by atoms with Gasteiger partial charge < -0.3 is 10.2 Å². The second-order valence-electron chi connectivity index (χ2n) is 8.66. The number of benzene rings is 1. The van der Waals surface area contributed by atoms with Crippen LogP contribution in [-0.4, -0.2) is 72.2 Å². The first-order chi connectivity index (χ1) is 16.0. The Balaban J connectivity index is 1.29. The van der Waals surface area contributed by atoms with Crippen molar-refractivity contribution in [2.75, 3.05) is 38.0 Å². The predicted molar refractivity (Wildman–Crippen MR) is 119 cm³/mol. The normalized spacial score (nSPS) is 21.6. The average Bonchev–Trinajstić information content (AvgIpc) is 3.05. The number of azide groups is 1. The van der Waals surface area contributed by atoms with Gasteiger partial charge in [0.25, 0.3) is 11.8 Å². The van der Waals surface area contributed by atoms with Crippen molar-refractivity contribution in [3.05, 3.63) is 39.8 Å². The Kier molecular flexibility index (Phi) is 6.90. The maximum absolute atomic E-state index is 12.9. The molecular weight excluding hydrogens is 426 g/mol. The summed E-state index contributed by atoms with van der Waals surface area (Å²) >= 11 is 0. The van der Waals surface area contributed by atoms with Gasteiger partial charge in [-0.2, -0.15) is 0 Å². The van der Waals surface area contributed by atoms with E-state index in [2.05, 4.69) is 25.6 Å². The van der Waals surface area contributed by atoms with Crippen LogP contribution in [0.3, 0.4) is 0 Å². The SMILES string of the molecule is [N-]=[N+]=NCCN1CCC(CCNc2ccc3c(c2)C(=O)N(C2CCC(=O)NC2=O)C3=O)CC1. The number of hydrogen-bond acceptors (Lipinski definition) is 7. The van der Waals surface area contributed by atoms with E-state index in [4.69, 9.17) is 5.53 Å². The molecule has 0 bridgehead atoms. The highest BCUT2D eigenvalue weighted by Crippen LogP contribution is 2.29. The van der Waals surface area contributed by atoms with Crippen LogP contribution >= 0.6 is 0 Å². The number of likely N-dealkylation sites (tertiary alicyclic amines) is 1. The van der Waals surface area contributed by atoms with Crippen LogP contribution in [0.1, 0.15) is 52.8 Å². The van der Waals surface area contributed by atoms with E-state index >= 15 is 0 Å². The largest absolute Gasteiger partial charge is 0.385 e. The number of fused-ring (bicyclic) bond motifs is 1. The van der Waals surface area contributed by atoms with Gasteiger partial charge in [-0.05, 0) is 68.4 Å². The summed E-state index contributed by atoms with van der Waals surface area (Å²) in [5.74, 6) is -1.39. The molecule has 11 nitrogen and oxygen atoms in total. The Bertz CT molecular complexity index is 1010. The Morgan fingerprint density at radius 2 is 1.85 bits per heavy atom. The molecule has 4 rings (SSSR count). The third kappa shape index (κ3) is 4.99. The molecule has 0 saturated carbocycles. The van der Waals surface area contributed by atoms with Crippen molar-refractivity contribution in [2.45, 2.75) is 38.1 Å². The van der Waals surface area contributed by atoms with E-state index in [0.29, 0.717) is 12.5 Å². The fraction of sp³-hybridized carbons (Fsp3) is 0.545. The second-order valence-corrected chi connectivity index (χ2v) is 8.66. The van der Waals surface area contributed by atoms with Gasteiger partial charge in [0.1, 0.15) is 6.04 Å². The van der Waals surface area contributed by atoms with Crippen molar-refractivity contribution in [1.82, 2.24) is 15.1 Å². The third-order valence-corrected chi connectivity index (χ3v) is 6.61. The molecule has 33 heavy (non-hydrogen) atoms. The lowest BCUT2D eigenvalue weighted by atomic mass is 9.93. The van der Waals surface area contributed by atoms with E-state index in [1.165, 1.54) is 0 Å². The van der Waals surface area contributed by atoms with Gasteiger partial charge in [0.2, 0.25) is 11.8 Å². The first-order valence-corrected chi connectivity index (χ1v) is 11.3. The van der Waals surface area contributed by atoms with E-state index in [1.807, 2.05) is 0 Å². The van der Waals surface area contributed by atoms with Gasteiger partial charge in [0.15, 0.2) is 0 Å². The molecule has 4 amide bonds. The molecule has 0 spiro atoms. The first-order valence-electron chi connectivity index (χ1n) is 11.3. The number of anilines is 1. The van der Waals surface area contributed by atoms with Crippen LogP contribution in [0, 0.1) is 5.92 Å². The summed E-state index contributed by atoms with van der Waals surface area (Å²) in [4.78, 5) is 55.3. The quantitative estimate of drug-likeness (QED) is 0.266. The number of carbonyl (C=O) groups excluding carboxylic acids is 4. The molecule has 174 valence electrons. The summed E-state index contributed by atoms with van der Waals surface area (Å²) in [5.41, 5.74) is 9.69. The molecule has 2 saturated heterocycles. The van der Waals surface area contributed by atoms with E-state index < -0.39 is 29.7 Å². The maximum atomic E-state index is 12.9. The van der Waals surface area contributed by atoms with Gasteiger partial charge in [-0.1, -0.05) is 5.11 Å². The number of piperidine rings is 2. The summed E-state index contributed by atoms with van der Waals surface area (Å²) < 4.78 is 0. The number of nitrogens with zero attached hydrogens (tertiary/aromatic N) is 5. The van der Waals surface area contributed by atoms with Crippen LogP contribution in [0.4, 0.5) is 5.69 Å². The molecule has 1 aromatic carbocycles. The number of nitrogens with one attached hydrogen (secondary N) is 2. The van der Waals surface area contributed by atoms with Crippen molar-refractivity contribution in [2.24, 2.45) is 11.0 Å². The van der Waals surface area contributed by atoms with E-state index in [1.54, 1.807) is 18.2 Å². The highest BCUT2D eigenvalue weighted by molar-refractivity contribution is 6.23. The van der Waals surface area contributed by atoms with Crippen molar-refractivity contribution >= 4 is 29.3 Å². The lowest BCUT2D eigenvalue weighted by Gasteiger charge is -2.31. The molecule has 1 atom stereocenters. The molecule has 3 heterocycles. The van der Waals surface area contributed by atoms with Gasteiger partial charge in [0, 0.05) is 36.7 Å². The van der Waals surface area contributed by atoms with Gasteiger partial charge >= 0.3 is 0 Å². The molecular formula is C22H27N7O4. The summed E-state index contributed by atoms with van der Waals surface area (Å²) in [6.45, 7) is 4.05. The van der Waals surface area contributed by atoms with Crippen LogP contribution in [0.2, 0.25) is 0 Å². The predicted octanol–water partition coefficient (Wildman–Crippen LogP) is 1.91. The number of amides is 4. The number of rotatable bonds is 8. The monoisotopic (exact) mass is 453 g/mol. The average molecular weight is 454 g/mol. The van der Waals surface area contributed by atoms with Gasteiger partial charge in [-0.15, -0.1) is 0 Å². The molecule has 0 aliphatic carbocycles. The van der Waals surface area contributed by atoms with Crippen molar-refractivity contribution in [3.8, 4) is 0 Å². The molecule has 0 radical (unpaired) electrons. The minimum absolute atomic E-state index is 0.101. The Hall–Kier alpha value is -3.43. The van der Waals surface area contributed by atoms with Crippen LogP contribution in [0.15, 0.2) is 23.3 Å².